The highest BCUT2D eigenvalue weighted by molar-refractivity contribution is 5.44. The highest BCUT2D eigenvalue weighted by atomic mass is 19.1. The van der Waals surface area contributed by atoms with E-state index in [4.69, 9.17) is 5.11 Å². The summed E-state index contributed by atoms with van der Waals surface area (Å²) in [5.74, 6) is 0.307. The van der Waals surface area contributed by atoms with Crippen molar-refractivity contribution in [2.24, 2.45) is 0 Å². The van der Waals surface area contributed by atoms with E-state index >= 15 is 0 Å². The van der Waals surface area contributed by atoms with Crippen LogP contribution in [0.1, 0.15) is 5.56 Å². The second kappa shape index (κ2) is 5.39. The van der Waals surface area contributed by atoms with E-state index < -0.39 is 20.3 Å². The number of hydrogen-bond acceptors (Lipinski definition) is 3. The molecule has 1 aromatic rings. The zero-order chi connectivity index (χ0) is 10.4. The Labute approximate surface area is 79.9 Å². The van der Waals surface area contributed by atoms with E-state index in [1.807, 2.05) is 0 Å². The first kappa shape index (κ1) is 10.7. The van der Waals surface area contributed by atoms with Gasteiger partial charge in [-0.25, -0.2) is 8.78 Å². The third-order valence-corrected chi connectivity index (χ3v) is 1.67. The smallest absolute Gasteiger partial charge is 0.228 e. The third kappa shape index (κ3) is 2.32. The molecule has 0 saturated heterocycles. The van der Waals surface area contributed by atoms with Gasteiger partial charge in [0.2, 0.25) is 13.7 Å². The van der Waals surface area contributed by atoms with Gasteiger partial charge in [-0.1, -0.05) is 6.07 Å². The van der Waals surface area contributed by atoms with Crippen LogP contribution in [-0.4, -0.2) is 18.8 Å². The summed E-state index contributed by atoms with van der Waals surface area (Å²) in [7, 11) is 0. The molecule has 0 amide bonds. The molecule has 14 heavy (non-hydrogen) atoms. The predicted octanol–water partition coefficient (Wildman–Crippen LogP) is 1.79. The highest BCUT2D eigenvalue weighted by Gasteiger charge is 2.09. The van der Waals surface area contributed by atoms with Gasteiger partial charge in [0.15, 0.2) is 0 Å². The van der Waals surface area contributed by atoms with Gasteiger partial charge in [-0.2, -0.15) is 0 Å². The Kier molecular flexibility index (Phi) is 4.12. The molecule has 0 fully saturated rings. The second-order valence-electron chi connectivity index (χ2n) is 2.40. The van der Waals surface area contributed by atoms with Crippen molar-refractivity contribution in [2.75, 3.05) is 13.7 Å². The minimum atomic E-state index is -1.01. The first-order valence-electron chi connectivity index (χ1n) is 3.93. The number of alkyl halides is 2. The van der Waals surface area contributed by atoms with Gasteiger partial charge in [-0.15, -0.1) is 0 Å². The van der Waals surface area contributed by atoms with E-state index in [9.17, 15) is 8.78 Å². The molecular weight excluding hydrogens is 194 g/mol. The van der Waals surface area contributed by atoms with Crippen molar-refractivity contribution in [2.45, 2.75) is 6.61 Å². The van der Waals surface area contributed by atoms with Crippen LogP contribution < -0.4 is 9.47 Å². The molecule has 1 rings (SSSR count). The number of rotatable bonds is 5. The lowest BCUT2D eigenvalue weighted by atomic mass is 10.2. The number of aliphatic hydroxyl groups excluding tert-OH is 1. The van der Waals surface area contributed by atoms with Gasteiger partial charge < -0.3 is 14.6 Å². The van der Waals surface area contributed by atoms with Gasteiger partial charge in [-0.3, -0.25) is 0 Å². The van der Waals surface area contributed by atoms with E-state index in [0.29, 0.717) is 0 Å². The molecule has 0 aliphatic carbocycles. The molecular formula is C9H10F2O3. The summed E-state index contributed by atoms with van der Waals surface area (Å²) < 4.78 is 33.0. The maximum Gasteiger partial charge on any atom is 0.228 e. The number of aliphatic hydroxyl groups is 1. The van der Waals surface area contributed by atoms with Crippen LogP contribution in [0.4, 0.5) is 8.78 Å². The van der Waals surface area contributed by atoms with Crippen LogP contribution in [0.2, 0.25) is 0 Å². The Morgan fingerprint density at radius 3 is 1.93 bits per heavy atom. The maximum absolute atomic E-state index is 11.9. The summed E-state index contributed by atoms with van der Waals surface area (Å²) in [6.45, 7) is -2.41. The Morgan fingerprint density at radius 1 is 1.07 bits per heavy atom. The van der Waals surface area contributed by atoms with Crippen molar-refractivity contribution in [1.29, 1.82) is 0 Å². The molecule has 0 unspecified atom stereocenters. The number of halogens is 2. The van der Waals surface area contributed by atoms with Crippen LogP contribution in [0.15, 0.2) is 18.2 Å². The summed E-state index contributed by atoms with van der Waals surface area (Å²) in [6.07, 6.45) is 0. The Hall–Kier alpha value is -1.36. The van der Waals surface area contributed by atoms with Crippen LogP contribution in [-0.2, 0) is 6.61 Å². The van der Waals surface area contributed by atoms with Crippen LogP contribution in [0, 0.1) is 0 Å². The third-order valence-electron chi connectivity index (χ3n) is 1.67. The second-order valence-corrected chi connectivity index (χ2v) is 2.40. The Balaban J connectivity index is 2.98. The summed E-state index contributed by atoms with van der Waals surface area (Å²) in [5.41, 5.74) is 0.239. The minimum Gasteiger partial charge on any atom is -0.462 e. The molecule has 0 bridgehead atoms. The number of benzene rings is 1. The zero-order valence-corrected chi connectivity index (χ0v) is 7.37. The Morgan fingerprint density at radius 2 is 1.57 bits per heavy atom. The fourth-order valence-electron chi connectivity index (χ4n) is 1.09. The zero-order valence-electron chi connectivity index (χ0n) is 7.37. The van der Waals surface area contributed by atoms with E-state index in [1.54, 1.807) is 0 Å². The van der Waals surface area contributed by atoms with Crippen LogP contribution in [0.3, 0.4) is 0 Å². The molecule has 0 saturated carbocycles. The van der Waals surface area contributed by atoms with Crippen molar-refractivity contribution in [3.05, 3.63) is 23.8 Å². The van der Waals surface area contributed by atoms with Crippen molar-refractivity contribution >= 4 is 0 Å². The normalized spacial score (nSPS) is 9.93. The number of hydrogen-bond donors (Lipinski definition) is 1. The summed E-state index contributed by atoms with van der Waals surface area (Å²) in [5, 5.41) is 8.95. The van der Waals surface area contributed by atoms with Gasteiger partial charge in [0, 0.05) is 0 Å². The molecule has 0 atom stereocenters. The molecule has 78 valence electrons. The van der Waals surface area contributed by atoms with Gasteiger partial charge in [0.25, 0.3) is 0 Å². The topological polar surface area (TPSA) is 38.7 Å². The van der Waals surface area contributed by atoms with Gasteiger partial charge in [-0.05, 0) is 12.1 Å². The molecule has 0 spiro atoms. The number of ether oxygens (including phenoxy) is 2. The maximum atomic E-state index is 11.9. The quantitative estimate of drug-likeness (QED) is 0.794. The summed E-state index contributed by atoms with van der Waals surface area (Å²) in [4.78, 5) is 0. The molecule has 0 heterocycles. The molecule has 0 aliphatic heterocycles. The van der Waals surface area contributed by atoms with Gasteiger partial charge in [0.05, 0.1) is 12.2 Å². The first-order chi connectivity index (χ1) is 6.83. The first-order valence-corrected chi connectivity index (χ1v) is 3.93. The lowest BCUT2D eigenvalue weighted by molar-refractivity contribution is 0.169. The standard InChI is InChI=1S/C9H10F2O3/c10-5-13-8-2-1-3-9(14-6-11)7(8)4-12/h1-3,12H,4-6H2. The van der Waals surface area contributed by atoms with E-state index in [1.165, 1.54) is 18.2 Å². The van der Waals surface area contributed by atoms with E-state index in [-0.39, 0.29) is 17.1 Å². The van der Waals surface area contributed by atoms with Crippen LogP contribution in [0.25, 0.3) is 0 Å². The largest absolute Gasteiger partial charge is 0.462 e. The van der Waals surface area contributed by atoms with E-state index in [2.05, 4.69) is 9.47 Å². The van der Waals surface area contributed by atoms with E-state index in [0.717, 1.165) is 0 Å². The lowest BCUT2D eigenvalue weighted by Crippen LogP contribution is -2.00. The monoisotopic (exact) mass is 204 g/mol. The average molecular weight is 204 g/mol. The average Bonchev–Trinajstić information content (AvgIpc) is 2.19. The summed E-state index contributed by atoms with van der Waals surface area (Å²) >= 11 is 0. The molecule has 0 aliphatic rings. The molecule has 1 aromatic carbocycles. The van der Waals surface area contributed by atoms with Crippen molar-refractivity contribution in [3.8, 4) is 11.5 Å². The minimum absolute atomic E-state index is 0.154. The molecule has 0 aromatic heterocycles. The Bertz CT molecular complexity index is 267. The lowest BCUT2D eigenvalue weighted by Gasteiger charge is -2.11. The molecule has 5 heteroatoms. The molecule has 1 N–H and O–H groups in total. The highest BCUT2D eigenvalue weighted by Crippen LogP contribution is 2.28. The van der Waals surface area contributed by atoms with Crippen molar-refractivity contribution < 1.29 is 23.4 Å². The predicted molar refractivity (Wildman–Crippen MR) is 45.6 cm³/mol. The van der Waals surface area contributed by atoms with Crippen LogP contribution in [0.5, 0.6) is 11.5 Å². The molecule has 0 radical (unpaired) electrons. The summed E-state index contributed by atoms with van der Waals surface area (Å²) in [6, 6.07) is 4.46. The fraction of sp³-hybridized carbons (Fsp3) is 0.333. The molecule has 3 nitrogen and oxygen atoms in total. The fourth-order valence-corrected chi connectivity index (χ4v) is 1.09. The SMILES string of the molecule is OCc1c(OCF)cccc1OCF. The van der Waals surface area contributed by atoms with Crippen molar-refractivity contribution in [3.63, 3.8) is 0 Å². The van der Waals surface area contributed by atoms with Gasteiger partial charge >= 0.3 is 0 Å². The van der Waals surface area contributed by atoms with Crippen LogP contribution >= 0.6 is 0 Å². The van der Waals surface area contributed by atoms with Crippen molar-refractivity contribution in [1.82, 2.24) is 0 Å². The van der Waals surface area contributed by atoms with Gasteiger partial charge in [0.1, 0.15) is 11.5 Å².